The molecule has 1 atom stereocenters. The van der Waals surface area contributed by atoms with E-state index in [0.717, 1.165) is 0 Å². The molecule has 2 aromatic rings. The van der Waals surface area contributed by atoms with E-state index in [2.05, 4.69) is 9.47 Å². The molecule has 2 rings (SSSR count). The first-order valence-corrected chi connectivity index (χ1v) is 9.86. The summed E-state index contributed by atoms with van der Waals surface area (Å²) in [6.07, 6.45) is -9.81. The van der Waals surface area contributed by atoms with Gasteiger partial charge in [0.1, 0.15) is 24.2 Å². The first-order chi connectivity index (χ1) is 14.9. The maximum atomic E-state index is 12.7. The van der Waals surface area contributed by atoms with E-state index in [0.29, 0.717) is 36.3 Å². The second-order valence-corrected chi connectivity index (χ2v) is 7.39. The first-order valence-electron chi connectivity index (χ1n) is 9.86. The number of nitrogens with zero attached hydrogens (tertiary/aromatic N) is 1. The zero-order valence-corrected chi connectivity index (χ0v) is 17.7. The van der Waals surface area contributed by atoms with Gasteiger partial charge in [-0.15, -0.1) is 26.3 Å². The van der Waals surface area contributed by atoms with Crippen molar-refractivity contribution in [3.05, 3.63) is 59.7 Å². The summed E-state index contributed by atoms with van der Waals surface area (Å²) in [6, 6.07) is 12.5. The molecule has 0 heterocycles. The van der Waals surface area contributed by atoms with E-state index in [1.807, 2.05) is 0 Å². The van der Waals surface area contributed by atoms with Crippen molar-refractivity contribution >= 4 is 0 Å². The van der Waals surface area contributed by atoms with E-state index < -0.39 is 18.8 Å². The molecule has 0 spiro atoms. The highest BCUT2D eigenvalue weighted by atomic mass is 19.4. The van der Waals surface area contributed by atoms with Crippen LogP contribution in [0.2, 0.25) is 0 Å². The van der Waals surface area contributed by atoms with Gasteiger partial charge in [0.2, 0.25) is 0 Å². The van der Waals surface area contributed by atoms with Crippen LogP contribution in [0.4, 0.5) is 26.3 Å². The molecule has 0 saturated heterocycles. The van der Waals surface area contributed by atoms with Crippen LogP contribution in [0.5, 0.6) is 11.5 Å². The summed E-state index contributed by atoms with van der Waals surface area (Å²) in [7, 11) is 3.49. The molecule has 32 heavy (non-hydrogen) atoms. The Hall–Kier alpha value is -2.46. The molecule has 2 aromatic carbocycles. The van der Waals surface area contributed by atoms with Crippen LogP contribution in [0.3, 0.4) is 0 Å². The number of para-hydroxylation sites is 1. The summed E-state index contributed by atoms with van der Waals surface area (Å²) < 4.78 is 89.1. The van der Waals surface area contributed by atoms with Gasteiger partial charge in [-0.3, -0.25) is 4.74 Å². The van der Waals surface area contributed by atoms with Crippen molar-refractivity contribution in [2.75, 3.05) is 27.2 Å². The Labute approximate surface area is 182 Å². The Morgan fingerprint density at radius 2 is 1.59 bits per heavy atom. The van der Waals surface area contributed by atoms with Gasteiger partial charge in [-0.2, -0.15) is 0 Å². The summed E-state index contributed by atoms with van der Waals surface area (Å²) in [6.45, 7) is 0.0986. The van der Waals surface area contributed by atoms with E-state index >= 15 is 0 Å². The fourth-order valence-electron chi connectivity index (χ4n) is 2.98. The van der Waals surface area contributed by atoms with Crippen molar-refractivity contribution in [2.45, 2.75) is 38.1 Å². The third-order valence-corrected chi connectivity index (χ3v) is 4.41. The minimum Gasteiger partial charge on any atom is -0.491 e. The van der Waals surface area contributed by atoms with E-state index in [-0.39, 0.29) is 18.8 Å². The van der Waals surface area contributed by atoms with Crippen LogP contribution in [0.15, 0.2) is 48.5 Å². The van der Waals surface area contributed by atoms with E-state index in [4.69, 9.17) is 4.74 Å². The smallest absolute Gasteiger partial charge is 0.491 e. The second kappa shape index (κ2) is 11.4. The number of halogens is 6. The number of hydrogen-bond donors (Lipinski definition) is 0. The standard InChI is InChI=1S/C22H25F6NO3/c1-29(2)13-12-19(32-22(26,27)28)15-30-20-9-4-3-7-17(20)11-10-16-6-5-8-18(14-16)31-21(23,24)25/h3-9,14,19H,10-13,15H2,1-2H3/t19-/m1/s1. The fourth-order valence-corrected chi connectivity index (χ4v) is 2.98. The Bertz CT molecular complexity index is 839. The molecule has 4 nitrogen and oxygen atoms in total. The molecule has 178 valence electrons. The van der Waals surface area contributed by atoms with Crippen molar-refractivity contribution in [3.63, 3.8) is 0 Å². The van der Waals surface area contributed by atoms with Crippen LogP contribution >= 0.6 is 0 Å². The van der Waals surface area contributed by atoms with Crippen LogP contribution in [-0.4, -0.2) is 51.0 Å². The van der Waals surface area contributed by atoms with Gasteiger partial charge in [0, 0.05) is 6.54 Å². The lowest BCUT2D eigenvalue weighted by Crippen LogP contribution is -2.32. The van der Waals surface area contributed by atoms with Gasteiger partial charge in [-0.1, -0.05) is 30.3 Å². The number of aryl methyl sites for hydroxylation is 2. The average molecular weight is 465 g/mol. The number of hydrogen-bond acceptors (Lipinski definition) is 4. The highest BCUT2D eigenvalue weighted by molar-refractivity contribution is 5.35. The molecule has 10 heteroatoms. The minimum absolute atomic E-state index is 0.126. The number of ether oxygens (including phenoxy) is 3. The lowest BCUT2D eigenvalue weighted by molar-refractivity contribution is -0.345. The summed E-state index contributed by atoms with van der Waals surface area (Å²) >= 11 is 0. The van der Waals surface area contributed by atoms with Crippen molar-refractivity contribution in [1.82, 2.24) is 4.90 Å². The molecule has 0 fully saturated rings. The van der Waals surface area contributed by atoms with Gasteiger partial charge < -0.3 is 14.4 Å². The van der Waals surface area contributed by atoms with Crippen molar-refractivity contribution in [2.24, 2.45) is 0 Å². The van der Waals surface area contributed by atoms with Crippen molar-refractivity contribution in [1.29, 1.82) is 0 Å². The van der Waals surface area contributed by atoms with Crippen LogP contribution < -0.4 is 9.47 Å². The topological polar surface area (TPSA) is 30.9 Å². The van der Waals surface area contributed by atoms with Gasteiger partial charge in [-0.05, 0) is 62.7 Å². The van der Waals surface area contributed by atoms with Crippen LogP contribution in [0, 0.1) is 0 Å². The Balaban J connectivity index is 2.02. The predicted molar refractivity (Wildman–Crippen MR) is 107 cm³/mol. The van der Waals surface area contributed by atoms with Crippen LogP contribution in [-0.2, 0) is 17.6 Å². The Morgan fingerprint density at radius 3 is 2.25 bits per heavy atom. The second-order valence-electron chi connectivity index (χ2n) is 7.39. The molecular weight excluding hydrogens is 440 g/mol. The quantitative estimate of drug-likeness (QED) is 0.404. The van der Waals surface area contributed by atoms with Gasteiger partial charge in [0.15, 0.2) is 0 Å². The molecule has 0 aliphatic rings. The highest BCUT2D eigenvalue weighted by Gasteiger charge is 2.34. The van der Waals surface area contributed by atoms with E-state index in [9.17, 15) is 26.3 Å². The normalized spacial score (nSPS) is 13.3. The predicted octanol–water partition coefficient (Wildman–Crippen LogP) is 5.61. The molecule has 0 saturated carbocycles. The Kier molecular flexibility index (Phi) is 9.21. The zero-order valence-electron chi connectivity index (χ0n) is 17.7. The molecular formula is C22H25F6NO3. The summed E-state index contributed by atoms with van der Waals surface area (Å²) in [5.74, 6) is 0.0865. The molecule has 0 bridgehead atoms. The number of benzene rings is 2. The zero-order chi connectivity index (χ0) is 23.8. The molecule has 0 aliphatic carbocycles. The average Bonchev–Trinajstić information content (AvgIpc) is 2.67. The van der Waals surface area contributed by atoms with Crippen LogP contribution in [0.25, 0.3) is 0 Å². The maximum Gasteiger partial charge on any atom is 0.573 e. The minimum atomic E-state index is -4.78. The fraction of sp³-hybridized carbons (Fsp3) is 0.455. The number of alkyl halides is 6. The summed E-state index contributed by atoms with van der Waals surface area (Å²) in [5, 5.41) is 0. The molecule has 0 radical (unpaired) electrons. The molecule has 0 aromatic heterocycles. The van der Waals surface area contributed by atoms with Crippen LogP contribution in [0.1, 0.15) is 17.5 Å². The number of rotatable bonds is 11. The highest BCUT2D eigenvalue weighted by Crippen LogP contribution is 2.26. The monoisotopic (exact) mass is 465 g/mol. The SMILES string of the molecule is CN(C)CC[C@H](COc1ccccc1CCc1cccc(OC(F)(F)F)c1)OC(F)(F)F. The molecule has 0 amide bonds. The Morgan fingerprint density at radius 1 is 0.875 bits per heavy atom. The molecule has 0 aliphatic heterocycles. The van der Waals surface area contributed by atoms with E-state index in [1.165, 1.54) is 18.2 Å². The molecule has 0 unspecified atom stereocenters. The molecule has 0 N–H and O–H groups in total. The van der Waals surface area contributed by atoms with Gasteiger partial charge in [0.25, 0.3) is 0 Å². The lowest BCUT2D eigenvalue weighted by Gasteiger charge is -2.22. The third kappa shape index (κ3) is 10.2. The van der Waals surface area contributed by atoms with Gasteiger partial charge in [-0.25, -0.2) is 0 Å². The van der Waals surface area contributed by atoms with Gasteiger partial charge in [0.05, 0.1) is 0 Å². The lowest BCUT2D eigenvalue weighted by atomic mass is 10.0. The van der Waals surface area contributed by atoms with Crippen molar-refractivity contribution < 1.29 is 40.6 Å². The largest absolute Gasteiger partial charge is 0.573 e. The third-order valence-electron chi connectivity index (χ3n) is 4.41. The first kappa shape index (κ1) is 25.8. The van der Waals surface area contributed by atoms with Gasteiger partial charge >= 0.3 is 12.7 Å². The summed E-state index contributed by atoms with van der Waals surface area (Å²) in [4.78, 5) is 1.75. The summed E-state index contributed by atoms with van der Waals surface area (Å²) in [5.41, 5.74) is 1.33. The van der Waals surface area contributed by atoms with E-state index in [1.54, 1.807) is 49.3 Å². The van der Waals surface area contributed by atoms with Crippen molar-refractivity contribution in [3.8, 4) is 11.5 Å². The maximum absolute atomic E-state index is 12.7.